The molecule has 4 nitrogen and oxygen atoms in total. The van der Waals surface area contributed by atoms with Crippen molar-refractivity contribution in [1.82, 2.24) is 15.0 Å². The Morgan fingerprint density at radius 2 is 2.06 bits per heavy atom. The first-order valence-electron chi connectivity index (χ1n) is 5.22. The molecule has 0 saturated heterocycles. The van der Waals surface area contributed by atoms with Gasteiger partial charge in [0.05, 0.1) is 22.6 Å². The monoisotopic (exact) mass is 256 g/mol. The zero-order chi connectivity index (χ0) is 13.3. The van der Waals surface area contributed by atoms with Crippen molar-refractivity contribution < 1.29 is 13.2 Å². The van der Waals surface area contributed by atoms with Crippen LogP contribution in [0.15, 0.2) is 24.3 Å². The second-order valence-corrected chi connectivity index (χ2v) is 3.79. The first kappa shape index (κ1) is 12.6. The van der Waals surface area contributed by atoms with Gasteiger partial charge in [-0.1, -0.05) is 11.3 Å². The number of nitrogens with zero attached hydrogens (tertiary/aromatic N) is 3. The summed E-state index contributed by atoms with van der Waals surface area (Å²) in [4.78, 5) is 0. The van der Waals surface area contributed by atoms with E-state index in [1.165, 1.54) is 16.8 Å². The molecule has 0 spiro atoms. The van der Waals surface area contributed by atoms with Crippen LogP contribution >= 0.6 is 0 Å². The summed E-state index contributed by atoms with van der Waals surface area (Å²) in [5, 5.41) is 7.61. The Hall–Kier alpha value is -1.89. The Morgan fingerprint density at radius 3 is 2.61 bits per heavy atom. The summed E-state index contributed by atoms with van der Waals surface area (Å²) in [6.45, 7) is 1.91. The summed E-state index contributed by atoms with van der Waals surface area (Å²) in [6, 6.07) is 4.92. The third-order valence-corrected chi connectivity index (χ3v) is 2.60. The molecular formula is C11H11F3N4. The molecule has 1 aromatic heterocycles. The van der Waals surface area contributed by atoms with Gasteiger partial charge in [0.25, 0.3) is 0 Å². The van der Waals surface area contributed by atoms with Crippen LogP contribution in [-0.2, 0) is 12.7 Å². The molecule has 0 aliphatic heterocycles. The maximum absolute atomic E-state index is 12.6. The van der Waals surface area contributed by atoms with Gasteiger partial charge in [-0.3, -0.25) is 0 Å². The van der Waals surface area contributed by atoms with E-state index in [2.05, 4.69) is 10.3 Å². The normalized spacial score (nSPS) is 11.8. The van der Waals surface area contributed by atoms with E-state index in [0.717, 1.165) is 12.1 Å². The molecule has 0 radical (unpaired) electrons. The van der Waals surface area contributed by atoms with Crippen LogP contribution in [0.25, 0.3) is 5.69 Å². The zero-order valence-corrected chi connectivity index (χ0v) is 9.57. The molecule has 0 amide bonds. The van der Waals surface area contributed by atoms with Gasteiger partial charge in [-0.25, -0.2) is 4.68 Å². The number of alkyl halides is 3. The smallest absolute Gasteiger partial charge is 0.325 e. The van der Waals surface area contributed by atoms with Crippen LogP contribution in [0.1, 0.15) is 17.0 Å². The van der Waals surface area contributed by atoms with Crippen molar-refractivity contribution in [2.75, 3.05) is 0 Å². The predicted octanol–water partition coefficient (Wildman–Crippen LogP) is 2.05. The van der Waals surface area contributed by atoms with Gasteiger partial charge >= 0.3 is 6.18 Å². The Kier molecular flexibility index (Phi) is 3.08. The highest BCUT2D eigenvalue weighted by molar-refractivity contribution is 5.38. The number of nitrogens with two attached hydrogens (primary N) is 1. The fourth-order valence-corrected chi connectivity index (χ4v) is 1.61. The third kappa shape index (κ3) is 2.21. The number of hydrogen-bond donors (Lipinski definition) is 1. The zero-order valence-electron chi connectivity index (χ0n) is 9.57. The number of rotatable bonds is 2. The highest BCUT2D eigenvalue weighted by Crippen LogP contribution is 2.30. The second kappa shape index (κ2) is 4.41. The summed E-state index contributed by atoms with van der Waals surface area (Å²) in [6.07, 6.45) is -4.37. The average molecular weight is 256 g/mol. The molecule has 0 unspecified atom stereocenters. The van der Waals surface area contributed by atoms with Gasteiger partial charge in [0.2, 0.25) is 0 Å². The van der Waals surface area contributed by atoms with E-state index in [1.807, 2.05) is 0 Å². The quantitative estimate of drug-likeness (QED) is 0.894. The minimum absolute atomic E-state index is 0.199. The molecule has 1 aromatic carbocycles. The number of aromatic nitrogens is 3. The van der Waals surface area contributed by atoms with Crippen molar-refractivity contribution in [3.63, 3.8) is 0 Å². The number of benzene rings is 1. The molecule has 0 saturated carbocycles. The number of halogens is 3. The second-order valence-electron chi connectivity index (χ2n) is 3.79. The average Bonchev–Trinajstić information content (AvgIpc) is 2.69. The van der Waals surface area contributed by atoms with Crippen molar-refractivity contribution >= 4 is 0 Å². The van der Waals surface area contributed by atoms with Crippen molar-refractivity contribution in [3.05, 3.63) is 41.2 Å². The molecule has 0 atom stereocenters. The van der Waals surface area contributed by atoms with Gasteiger partial charge in [-0.15, -0.1) is 5.10 Å². The van der Waals surface area contributed by atoms with Crippen LogP contribution in [0.3, 0.4) is 0 Å². The van der Waals surface area contributed by atoms with E-state index in [4.69, 9.17) is 5.73 Å². The molecule has 2 N–H and O–H groups in total. The van der Waals surface area contributed by atoms with E-state index in [0.29, 0.717) is 17.1 Å². The molecule has 2 rings (SSSR count). The van der Waals surface area contributed by atoms with E-state index in [9.17, 15) is 13.2 Å². The fourth-order valence-electron chi connectivity index (χ4n) is 1.61. The molecular weight excluding hydrogens is 245 g/mol. The van der Waals surface area contributed by atoms with Gasteiger partial charge in [-0.05, 0) is 25.1 Å². The summed E-state index contributed by atoms with van der Waals surface area (Å²) in [5.41, 5.74) is 6.24. The van der Waals surface area contributed by atoms with E-state index in [-0.39, 0.29) is 6.54 Å². The molecule has 2 aromatic rings. The van der Waals surface area contributed by atoms with Gasteiger partial charge in [0.15, 0.2) is 0 Å². The lowest BCUT2D eigenvalue weighted by atomic mass is 10.2. The molecule has 0 fully saturated rings. The first-order valence-corrected chi connectivity index (χ1v) is 5.22. The van der Waals surface area contributed by atoms with Crippen LogP contribution in [0.4, 0.5) is 13.2 Å². The molecule has 0 aliphatic rings. The van der Waals surface area contributed by atoms with Crippen LogP contribution in [0.2, 0.25) is 0 Å². The van der Waals surface area contributed by atoms with E-state index < -0.39 is 11.7 Å². The molecule has 1 heterocycles. The van der Waals surface area contributed by atoms with E-state index in [1.54, 1.807) is 6.92 Å². The molecule has 18 heavy (non-hydrogen) atoms. The highest BCUT2D eigenvalue weighted by Gasteiger charge is 2.30. The van der Waals surface area contributed by atoms with E-state index >= 15 is 0 Å². The summed E-state index contributed by atoms with van der Waals surface area (Å²) >= 11 is 0. The Bertz CT molecular complexity index is 560. The lowest BCUT2D eigenvalue weighted by molar-refractivity contribution is -0.137. The molecule has 96 valence electrons. The Balaban J connectivity index is 2.48. The highest BCUT2D eigenvalue weighted by atomic mass is 19.4. The summed E-state index contributed by atoms with van der Waals surface area (Å²) < 4.78 is 39.1. The largest absolute Gasteiger partial charge is 0.416 e. The first-order chi connectivity index (χ1) is 8.43. The summed E-state index contributed by atoms with van der Waals surface area (Å²) in [7, 11) is 0. The van der Waals surface area contributed by atoms with Crippen molar-refractivity contribution in [2.45, 2.75) is 19.6 Å². The Labute approximate surface area is 101 Å². The van der Waals surface area contributed by atoms with Crippen molar-refractivity contribution in [2.24, 2.45) is 5.73 Å². The standard InChI is InChI=1S/C11H11F3N4/c1-7-10(6-15)16-17-18(7)9-4-2-3-8(5-9)11(12,13)14/h2-5H,6,15H2,1H3. The van der Waals surface area contributed by atoms with Crippen molar-refractivity contribution in [1.29, 1.82) is 0 Å². The lowest BCUT2D eigenvalue weighted by Crippen LogP contribution is -2.07. The van der Waals surface area contributed by atoms with Gasteiger partial charge in [0.1, 0.15) is 0 Å². The Morgan fingerprint density at radius 1 is 1.33 bits per heavy atom. The maximum atomic E-state index is 12.6. The SMILES string of the molecule is Cc1c(CN)nnn1-c1cccc(C(F)(F)F)c1. The minimum atomic E-state index is -4.37. The third-order valence-electron chi connectivity index (χ3n) is 2.60. The van der Waals surface area contributed by atoms with Crippen LogP contribution < -0.4 is 5.73 Å². The minimum Gasteiger partial charge on any atom is -0.325 e. The lowest BCUT2D eigenvalue weighted by Gasteiger charge is -2.09. The van der Waals surface area contributed by atoms with Crippen LogP contribution in [-0.4, -0.2) is 15.0 Å². The van der Waals surface area contributed by atoms with Crippen molar-refractivity contribution in [3.8, 4) is 5.69 Å². The van der Waals surface area contributed by atoms with Gasteiger partial charge in [0, 0.05) is 6.54 Å². The number of hydrogen-bond acceptors (Lipinski definition) is 3. The van der Waals surface area contributed by atoms with Crippen LogP contribution in [0.5, 0.6) is 0 Å². The predicted molar refractivity (Wildman–Crippen MR) is 59.0 cm³/mol. The van der Waals surface area contributed by atoms with Gasteiger partial charge < -0.3 is 5.73 Å². The maximum Gasteiger partial charge on any atom is 0.416 e. The van der Waals surface area contributed by atoms with Gasteiger partial charge in [-0.2, -0.15) is 13.2 Å². The topological polar surface area (TPSA) is 56.7 Å². The molecule has 7 heteroatoms. The summed E-state index contributed by atoms with van der Waals surface area (Å²) in [5.74, 6) is 0. The van der Waals surface area contributed by atoms with Crippen LogP contribution in [0, 0.1) is 6.92 Å². The molecule has 0 aliphatic carbocycles. The fraction of sp³-hybridized carbons (Fsp3) is 0.273. The molecule has 0 bridgehead atoms.